The van der Waals surface area contributed by atoms with Crippen LogP contribution in [0.15, 0.2) is 16.4 Å². The molecule has 4 nitrogen and oxygen atoms in total. The molecular weight excluding hydrogens is 200 g/mol. The van der Waals surface area contributed by atoms with Crippen LogP contribution >= 0.6 is 11.3 Å². The van der Waals surface area contributed by atoms with Gasteiger partial charge in [0.2, 0.25) is 0 Å². The Balaban J connectivity index is 2.52. The third-order valence-electron chi connectivity index (χ3n) is 2.35. The number of rotatable bonds is 1. The number of hydrogen-bond donors (Lipinski definition) is 1. The molecule has 0 unspecified atom stereocenters. The van der Waals surface area contributed by atoms with Crippen molar-refractivity contribution < 1.29 is 9.90 Å². The monoisotopic (exact) mass is 206 g/mol. The zero-order chi connectivity index (χ0) is 9.71. The van der Waals surface area contributed by atoms with Crippen molar-refractivity contribution in [2.24, 2.45) is 4.99 Å². The lowest BCUT2D eigenvalue weighted by Gasteiger charge is -2.16. The molecule has 0 aliphatic carbocycles. The first-order valence-electron chi connectivity index (χ1n) is 4.12. The predicted octanol–water partition coefficient (Wildman–Crippen LogP) is -0.593. The molecule has 1 aromatic rings. The van der Waals surface area contributed by atoms with E-state index in [1.165, 1.54) is 11.3 Å². The lowest BCUT2D eigenvalue weighted by atomic mass is 10.2. The number of aliphatic imine (C=N–C) groups is 1. The van der Waals surface area contributed by atoms with Gasteiger partial charge in [-0.15, -0.1) is 11.3 Å². The van der Waals surface area contributed by atoms with Crippen molar-refractivity contribution >= 4 is 35.0 Å². The molecule has 0 amide bonds. The number of fused-ring (bicyclic) bond motifs is 3. The summed E-state index contributed by atoms with van der Waals surface area (Å²) in [5, 5.41) is 12.0. The van der Waals surface area contributed by atoms with Crippen LogP contribution in [0.2, 0.25) is 0 Å². The van der Waals surface area contributed by atoms with Crippen LogP contribution < -0.4 is 9.75 Å². The molecule has 0 saturated heterocycles. The highest BCUT2D eigenvalue weighted by atomic mass is 32.1. The maximum Gasteiger partial charge on any atom is 0.354 e. The lowest BCUT2D eigenvalue weighted by molar-refractivity contribution is -0.131. The van der Waals surface area contributed by atoms with Crippen LogP contribution in [0, 0.1) is 0 Å². The van der Waals surface area contributed by atoms with Gasteiger partial charge in [0.05, 0.1) is 23.1 Å². The number of thiophene rings is 1. The minimum atomic E-state index is -0.888. The summed E-state index contributed by atoms with van der Waals surface area (Å²) in [7, 11) is 0. The van der Waals surface area contributed by atoms with E-state index in [9.17, 15) is 4.79 Å². The minimum absolute atomic E-state index is 0.347. The van der Waals surface area contributed by atoms with Gasteiger partial charge in [0.1, 0.15) is 5.70 Å². The van der Waals surface area contributed by atoms with Gasteiger partial charge in [-0.2, -0.15) is 0 Å². The molecule has 3 rings (SSSR count). The highest BCUT2D eigenvalue weighted by Gasteiger charge is 2.26. The predicted molar refractivity (Wildman–Crippen MR) is 53.2 cm³/mol. The fourth-order valence-electron chi connectivity index (χ4n) is 1.74. The van der Waals surface area contributed by atoms with Crippen LogP contribution in [-0.2, 0) is 4.79 Å². The van der Waals surface area contributed by atoms with Gasteiger partial charge in [-0.1, -0.05) is 0 Å². The molecule has 70 valence electrons. The summed E-state index contributed by atoms with van der Waals surface area (Å²) in [6, 6.07) is 1.93. The largest absolute Gasteiger partial charge is 0.477 e. The van der Waals surface area contributed by atoms with Gasteiger partial charge in [-0.3, -0.25) is 0 Å². The zero-order valence-electron chi connectivity index (χ0n) is 7.10. The van der Waals surface area contributed by atoms with E-state index in [1.54, 1.807) is 11.2 Å². The molecule has 0 spiro atoms. The van der Waals surface area contributed by atoms with Gasteiger partial charge in [-0.25, -0.2) is 9.79 Å². The maximum atomic E-state index is 11.1. The molecule has 0 radical (unpaired) electrons. The first-order chi connectivity index (χ1) is 6.77. The van der Waals surface area contributed by atoms with Gasteiger partial charge in [0.25, 0.3) is 0 Å². The number of nitrogens with zero attached hydrogens (tertiary/aromatic N) is 2. The second-order valence-electron chi connectivity index (χ2n) is 3.14. The van der Waals surface area contributed by atoms with Crippen molar-refractivity contribution in [3.05, 3.63) is 21.2 Å². The summed E-state index contributed by atoms with van der Waals surface area (Å²) >= 11 is 1.45. The van der Waals surface area contributed by atoms with Crippen LogP contribution in [0.3, 0.4) is 0 Å². The van der Waals surface area contributed by atoms with Crippen molar-refractivity contribution in [2.45, 2.75) is 0 Å². The van der Waals surface area contributed by atoms with Crippen LogP contribution in [0.1, 0.15) is 0 Å². The molecule has 2 aliphatic heterocycles. The van der Waals surface area contributed by atoms with Crippen LogP contribution in [0.4, 0.5) is 0 Å². The van der Waals surface area contributed by atoms with Gasteiger partial charge in [0.15, 0.2) is 0 Å². The topological polar surface area (TPSA) is 52.9 Å². The Labute approximate surface area is 83.1 Å². The fourth-order valence-corrected chi connectivity index (χ4v) is 2.71. The second kappa shape index (κ2) is 2.45. The Kier molecular flexibility index (Phi) is 1.36. The molecule has 2 aliphatic rings. The van der Waals surface area contributed by atoms with Crippen molar-refractivity contribution in [1.29, 1.82) is 0 Å². The van der Waals surface area contributed by atoms with Crippen molar-refractivity contribution in [3.63, 3.8) is 0 Å². The number of hydrogen-bond acceptors (Lipinski definition) is 4. The molecule has 5 heteroatoms. The zero-order valence-corrected chi connectivity index (χ0v) is 7.91. The second-order valence-corrected chi connectivity index (χ2v) is 4.05. The molecule has 0 aromatic carbocycles. The van der Waals surface area contributed by atoms with Crippen LogP contribution in [-0.4, -0.2) is 28.9 Å². The molecule has 3 heterocycles. The smallest absolute Gasteiger partial charge is 0.354 e. The first-order valence-corrected chi connectivity index (χ1v) is 5.00. The Bertz CT molecular complexity index is 570. The Morgan fingerprint density at radius 2 is 2.50 bits per heavy atom. The summed E-state index contributed by atoms with van der Waals surface area (Å²) in [5.74, 6) is -0.888. The third kappa shape index (κ3) is 0.820. The van der Waals surface area contributed by atoms with Gasteiger partial charge in [0, 0.05) is 5.22 Å². The van der Waals surface area contributed by atoms with Gasteiger partial charge in [-0.05, 0) is 11.4 Å². The average Bonchev–Trinajstić information content (AvgIpc) is 2.73. The highest BCUT2D eigenvalue weighted by molar-refractivity contribution is 7.08. The summed E-state index contributed by atoms with van der Waals surface area (Å²) in [6.07, 6.45) is 1.59. The van der Waals surface area contributed by atoms with E-state index >= 15 is 0 Å². The molecule has 0 saturated carbocycles. The number of carbonyl (C=O) groups is 1. The van der Waals surface area contributed by atoms with Crippen molar-refractivity contribution in [1.82, 2.24) is 4.90 Å². The summed E-state index contributed by atoms with van der Waals surface area (Å²) in [4.78, 5) is 16.9. The average molecular weight is 206 g/mol. The van der Waals surface area contributed by atoms with E-state index in [4.69, 9.17) is 5.11 Å². The van der Waals surface area contributed by atoms with Crippen LogP contribution in [0.5, 0.6) is 0 Å². The van der Waals surface area contributed by atoms with E-state index in [0.717, 1.165) is 15.4 Å². The Hall–Kier alpha value is -1.62. The van der Waals surface area contributed by atoms with Gasteiger partial charge < -0.3 is 10.0 Å². The van der Waals surface area contributed by atoms with E-state index in [2.05, 4.69) is 4.99 Å². The summed E-state index contributed by atoms with van der Waals surface area (Å²) in [5.41, 5.74) is 1.31. The summed E-state index contributed by atoms with van der Waals surface area (Å²) in [6.45, 7) is 0.589. The van der Waals surface area contributed by atoms with E-state index < -0.39 is 5.97 Å². The highest BCUT2D eigenvalue weighted by Crippen LogP contribution is 2.16. The Morgan fingerprint density at radius 3 is 3.29 bits per heavy atom. The number of carboxylic acids is 1. The lowest BCUT2D eigenvalue weighted by Crippen LogP contribution is -2.38. The SMILES string of the molecule is O=C(O)C1=c2sccc2=C2CN1C=N2. The molecule has 14 heavy (non-hydrogen) atoms. The number of carboxylic acid groups (broad SMARTS) is 1. The molecule has 2 bridgehead atoms. The summed E-state index contributed by atoms with van der Waals surface area (Å²) < 4.78 is 0.816. The van der Waals surface area contributed by atoms with Crippen molar-refractivity contribution in [3.8, 4) is 0 Å². The molecule has 1 N–H and O–H groups in total. The molecule has 0 atom stereocenters. The standard InChI is InChI=1S/C9H6N2O2S/c12-9(13)7-8-5(1-2-14-8)6-3-11(7)4-10-6/h1-2,4H,3H2,(H,12,13). The normalized spacial score (nSPS) is 17.6. The van der Waals surface area contributed by atoms with E-state index in [-0.39, 0.29) is 0 Å². The fraction of sp³-hybridized carbons (Fsp3) is 0.111. The first kappa shape index (κ1) is 7.75. The Morgan fingerprint density at radius 1 is 1.64 bits per heavy atom. The third-order valence-corrected chi connectivity index (χ3v) is 3.28. The molecule has 0 fully saturated rings. The van der Waals surface area contributed by atoms with E-state index in [0.29, 0.717) is 12.2 Å². The quantitative estimate of drug-likeness (QED) is 0.668. The van der Waals surface area contributed by atoms with Crippen LogP contribution in [0.25, 0.3) is 11.4 Å². The molecule has 1 aromatic heterocycles. The minimum Gasteiger partial charge on any atom is -0.477 e. The van der Waals surface area contributed by atoms with Crippen molar-refractivity contribution in [2.75, 3.05) is 6.54 Å². The maximum absolute atomic E-state index is 11.1. The molecular formula is C9H6N2O2S. The number of aliphatic carboxylic acids is 1. The van der Waals surface area contributed by atoms with Gasteiger partial charge >= 0.3 is 5.97 Å². The van der Waals surface area contributed by atoms with E-state index in [1.807, 2.05) is 11.4 Å².